The molecule has 4 heteroatoms. The van der Waals surface area contributed by atoms with E-state index in [-0.39, 0.29) is 0 Å². The molecule has 0 amide bonds. The van der Waals surface area contributed by atoms with Gasteiger partial charge in [0.1, 0.15) is 0 Å². The molecule has 1 unspecified atom stereocenters. The maximum Gasteiger partial charge on any atom is 0.225 e. The summed E-state index contributed by atoms with van der Waals surface area (Å²) in [7, 11) is 0. The van der Waals surface area contributed by atoms with E-state index < -0.39 is 0 Å². The van der Waals surface area contributed by atoms with Crippen molar-refractivity contribution in [3.63, 3.8) is 0 Å². The van der Waals surface area contributed by atoms with Gasteiger partial charge in [0.2, 0.25) is 5.95 Å². The maximum absolute atomic E-state index is 5.54. The zero-order valence-electron chi connectivity index (χ0n) is 9.89. The molecule has 1 atom stereocenters. The quantitative estimate of drug-likeness (QED) is 0.824. The van der Waals surface area contributed by atoms with Crippen LogP contribution in [0.1, 0.15) is 38.2 Å². The summed E-state index contributed by atoms with van der Waals surface area (Å²) in [6.07, 6.45) is 8.79. The molecule has 16 heavy (non-hydrogen) atoms. The summed E-state index contributed by atoms with van der Waals surface area (Å²) in [5.41, 5.74) is 6.53. The van der Waals surface area contributed by atoms with Gasteiger partial charge in [-0.3, -0.25) is 0 Å². The second-order valence-electron chi connectivity index (χ2n) is 4.49. The normalized spacial score (nSPS) is 21.9. The highest BCUT2D eigenvalue weighted by Gasteiger charge is 2.18. The molecule has 1 aromatic heterocycles. The fourth-order valence-corrected chi connectivity index (χ4v) is 2.17. The van der Waals surface area contributed by atoms with Crippen LogP contribution >= 0.6 is 0 Å². The van der Waals surface area contributed by atoms with Crippen LogP contribution in [0.5, 0.6) is 0 Å². The minimum Gasteiger partial charge on any atom is -0.338 e. The number of aromatic nitrogens is 2. The molecule has 0 radical (unpaired) electrons. The number of nitrogens with zero attached hydrogens (tertiary/aromatic N) is 3. The molecular weight excluding hydrogens is 200 g/mol. The summed E-state index contributed by atoms with van der Waals surface area (Å²) in [4.78, 5) is 11.1. The number of anilines is 1. The van der Waals surface area contributed by atoms with Crippen LogP contribution < -0.4 is 10.6 Å². The molecule has 1 saturated heterocycles. The molecule has 1 aromatic rings. The van der Waals surface area contributed by atoms with E-state index in [0.717, 1.165) is 18.1 Å². The van der Waals surface area contributed by atoms with Crippen LogP contribution in [0.4, 0.5) is 5.95 Å². The van der Waals surface area contributed by atoms with Crippen LogP contribution in [-0.4, -0.2) is 22.6 Å². The average molecular weight is 220 g/mol. The van der Waals surface area contributed by atoms with Crippen LogP contribution in [0.2, 0.25) is 0 Å². The van der Waals surface area contributed by atoms with E-state index >= 15 is 0 Å². The molecule has 1 aliphatic rings. The number of nitrogens with two attached hydrogens (primary N) is 1. The lowest BCUT2D eigenvalue weighted by Crippen LogP contribution is -2.33. The van der Waals surface area contributed by atoms with Gasteiger partial charge in [0.25, 0.3) is 0 Å². The molecular formula is C12H20N4. The van der Waals surface area contributed by atoms with Crippen LogP contribution in [0.25, 0.3) is 0 Å². The molecule has 2 rings (SSSR count). The summed E-state index contributed by atoms with van der Waals surface area (Å²) in [6, 6.07) is 0.547. The molecule has 0 spiro atoms. The zero-order valence-corrected chi connectivity index (χ0v) is 9.89. The van der Waals surface area contributed by atoms with Gasteiger partial charge in [0.15, 0.2) is 0 Å². The van der Waals surface area contributed by atoms with E-state index in [4.69, 9.17) is 5.73 Å². The minimum atomic E-state index is 0.510. The smallest absolute Gasteiger partial charge is 0.225 e. The molecule has 88 valence electrons. The zero-order chi connectivity index (χ0) is 11.4. The van der Waals surface area contributed by atoms with Crippen molar-refractivity contribution >= 4 is 5.95 Å². The first-order valence-electron chi connectivity index (χ1n) is 6.09. The molecule has 2 heterocycles. The summed E-state index contributed by atoms with van der Waals surface area (Å²) in [5, 5.41) is 0. The summed E-state index contributed by atoms with van der Waals surface area (Å²) in [5.74, 6) is 0.853. The van der Waals surface area contributed by atoms with E-state index in [1.165, 1.54) is 25.7 Å². The molecule has 0 bridgehead atoms. The van der Waals surface area contributed by atoms with Gasteiger partial charge < -0.3 is 10.6 Å². The molecule has 2 N–H and O–H groups in total. The third-order valence-electron chi connectivity index (χ3n) is 3.24. The van der Waals surface area contributed by atoms with E-state index in [9.17, 15) is 0 Å². The Morgan fingerprint density at radius 2 is 2.06 bits per heavy atom. The fourth-order valence-electron chi connectivity index (χ4n) is 2.17. The highest BCUT2D eigenvalue weighted by molar-refractivity contribution is 5.31. The Morgan fingerprint density at radius 3 is 2.75 bits per heavy atom. The van der Waals surface area contributed by atoms with Crippen LogP contribution in [0.15, 0.2) is 12.4 Å². The third-order valence-corrected chi connectivity index (χ3v) is 3.24. The topological polar surface area (TPSA) is 55.0 Å². The largest absolute Gasteiger partial charge is 0.338 e. The fraction of sp³-hybridized carbons (Fsp3) is 0.667. The van der Waals surface area contributed by atoms with Crippen LogP contribution in [0, 0.1) is 0 Å². The lowest BCUT2D eigenvalue weighted by molar-refractivity contribution is 0.604. The van der Waals surface area contributed by atoms with Crippen molar-refractivity contribution < 1.29 is 0 Å². The molecule has 0 aromatic carbocycles. The van der Waals surface area contributed by atoms with E-state index in [2.05, 4.69) is 21.8 Å². The average Bonchev–Trinajstić information content (AvgIpc) is 2.54. The Kier molecular flexibility index (Phi) is 3.72. The Hall–Kier alpha value is -1.16. The van der Waals surface area contributed by atoms with Gasteiger partial charge in [-0.15, -0.1) is 0 Å². The molecule has 0 saturated carbocycles. The second kappa shape index (κ2) is 5.25. The van der Waals surface area contributed by atoms with Crippen molar-refractivity contribution in [2.75, 3.05) is 11.4 Å². The number of rotatable bonds is 2. The summed E-state index contributed by atoms with van der Waals surface area (Å²) >= 11 is 0. The van der Waals surface area contributed by atoms with Crippen molar-refractivity contribution in [2.24, 2.45) is 5.73 Å². The van der Waals surface area contributed by atoms with Crippen molar-refractivity contribution in [3.05, 3.63) is 18.0 Å². The maximum atomic E-state index is 5.54. The molecule has 1 aliphatic heterocycles. The van der Waals surface area contributed by atoms with Crippen LogP contribution in [-0.2, 0) is 6.54 Å². The van der Waals surface area contributed by atoms with Gasteiger partial charge in [0.05, 0.1) is 0 Å². The van der Waals surface area contributed by atoms with Crippen molar-refractivity contribution in [3.8, 4) is 0 Å². The Morgan fingerprint density at radius 1 is 1.31 bits per heavy atom. The number of hydrogen-bond acceptors (Lipinski definition) is 4. The predicted octanol–water partition coefficient (Wildman–Crippen LogP) is 1.70. The third kappa shape index (κ3) is 2.50. The van der Waals surface area contributed by atoms with E-state index in [1.807, 2.05) is 12.4 Å². The Balaban J connectivity index is 2.14. The highest BCUT2D eigenvalue weighted by atomic mass is 15.3. The van der Waals surface area contributed by atoms with Gasteiger partial charge >= 0.3 is 0 Å². The number of hydrogen-bond donors (Lipinski definition) is 1. The van der Waals surface area contributed by atoms with Gasteiger partial charge in [-0.2, -0.15) is 0 Å². The van der Waals surface area contributed by atoms with Gasteiger partial charge in [-0.05, 0) is 19.8 Å². The summed E-state index contributed by atoms with van der Waals surface area (Å²) < 4.78 is 0. The van der Waals surface area contributed by atoms with E-state index in [0.29, 0.717) is 12.6 Å². The Labute approximate surface area is 96.9 Å². The second-order valence-corrected chi connectivity index (χ2v) is 4.49. The molecule has 0 aliphatic carbocycles. The van der Waals surface area contributed by atoms with E-state index in [1.54, 1.807) is 0 Å². The first-order chi connectivity index (χ1) is 7.81. The van der Waals surface area contributed by atoms with Gasteiger partial charge in [-0.1, -0.05) is 12.8 Å². The van der Waals surface area contributed by atoms with Crippen LogP contribution in [0.3, 0.4) is 0 Å². The molecule has 4 nitrogen and oxygen atoms in total. The lowest BCUT2D eigenvalue weighted by atomic mass is 10.1. The molecule has 1 fully saturated rings. The first kappa shape index (κ1) is 11.3. The monoisotopic (exact) mass is 220 g/mol. The predicted molar refractivity (Wildman–Crippen MR) is 65.2 cm³/mol. The summed E-state index contributed by atoms with van der Waals surface area (Å²) in [6.45, 7) is 3.84. The Bertz CT molecular complexity index is 322. The standard InChI is InChI=1S/C12H20N4/c1-10-5-3-2-4-6-16(10)12-14-8-11(7-13)9-15-12/h8-10H,2-7,13H2,1H3. The van der Waals surface area contributed by atoms with Crippen molar-refractivity contribution in [1.29, 1.82) is 0 Å². The van der Waals surface area contributed by atoms with Crippen molar-refractivity contribution in [1.82, 2.24) is 9.97 Å². The SMILES string of the molecule is CC1CCCCCN1c1ncc(CN)cn1. The first-order valence-corrected chi connectivity index (χ1v) is 6.09. The highest BCUT2D eigenvalue weighted by Crippen LogP contribution is 2.20. The van der Waals surface area contributed by atoms with Gasteiger partial charge in [-0.25, -0.2) is 9.97 Å². The minimum absolute atomic E-state index is 0.510. The van der Waals surface area contributed by atoms with Gasteiger partial charge in [0, 0.05) is 37.1 Å². The van der Waals surface area contributed by atoms with Crippen molar-refractivity contribution in [2.45, 2.75) is 45.2 Å². The lowest BCUT2D eigenvalue weighted by Gasteiger charge is -2.26.